The zero-order valence-electron chi connectivity index (χ0n) is 17.5. The molecule has 0 aliphatic rings. The summed E-state index contributed by atoms with van der Waals surface area (Å²) in [6, 6.07) is 15.8. The summed E-state index contributed by atoms with van der Waals surface area (Å²) in [6.45, 7) is 0. The van der Waals surface area contributed by atoms with Crippen LogP contribution in [0.2, 0.25) is 0 Å². The minimum absolute atomic E-state index is 0.182. The molecule has 0 saturated carbocycles. The van der Waals surface area contributed by atoms with Crippen molar-refractivity contribution in [3.63, 3.8) is 0 Å². The number of H-pyrrole nitrogens is 2. The number of hydrogen-bond acceptors (Lipinski definition) is 4. The molecule has 0 aliphatic heterocycles. The molecule has 0 saturated heterocycles. The Balaban J connectivity index is 1.13. The van der Waals surface area contributed by atoms with Crippen molar-refractivity contribution in [1.29, 1.82) is 0 Å². The van der Waals surface area contributed by atoms with Gasteiger partial charge in [-0.2, -0.15) is 10.2 Å². The molecule has 32 heavy (non-hydrogen) atoms. The number of fused-ring (bicyclic) bond motifs is 2. The molecule has 0 radical (unpaired) electrons. The van der Waals surface area contributed by atoms with E-state index in [1.807, 2.05) is 60.9 Å². The van der Waals surface area contributed by atoms with Gasteiger partial charge in [0.15, 0.2) is 0 Å². The number of benzene rings is 2. The first-order valence-corrected chi connectivity index (χ1v) is 10.5. The second kappa shape index (κ2) is 10.2. The molecule has 4 N–H and O–H groups in total. The third-order valence-electron chi connectivity index (χ3n) is 5.09. The normalized spacial score (nSPS) is 11.6. The van der Waals surface area contributed by atoms with Crippen molar-refractivity contribution in [2.75, 3.05) is 0 Å². The van der Waals surface area contributed by atoms with Crippen LogP contribution in [0.1, 0.15) is 36.8 Å². The van der Waals surface area contributed by atoms with Gasteiger partial charge >= 0.3 is 0 Å². The monoisotopic (exact) mass is 428 g/mol. The number of carbonyl (C=O) groups excluding carboxylic acids is 2. The molecule has 8 heteroatoms. The number of nitrogens with zero attached hydrogens (tertiary/aromatic N) is 2. The number of nitrogens with one attached hydrogen (secondary N) is 4. The highest BCUT2D eigenvalue weighted by Gasteiger charge is 2.04. The van der Waals surface area contributed by atoms with Gasteiger partial charge < -0.3 is 9.97 Å². The first-order valence-electron chi connectivity index (χ1n) is 10.5. The molecule has 0 aliphatic carbocycles. The summed E-state index contributed by atoms with van der Waals surface area (Å²) in [6.07, 6.45) is 8.72. The summed E-state index contributed by atoms with van der Waals surface area (Å²) in [7, 11) is 0. The second-order valence-electron chi connectivity index (χ2n) is 7.37. The lowest BCUT2D eigenvalue weighted by Gasteiger charge is -2.01. The van der Waals surface area contributed by atoms with Crippen molar-refractivity contribution in [3.8, 4) is 0 Å². The molecular formula is C24H24N6O2. The standard InChI is InChI=1S/C24H24N6O2/c31-23(29-27-15-17-13-25-21-9-3-1-7-19(17)21)11-5-6-12-24(32)30-28-16-18-14-26-22-10-4-2-8-20(18)22/h1-4,7-10,13-16,25-26H,5-6,11-12H2,(H,29,31)(H,30,32)/b27-15-,28-16-. The van der Waals surface area contributed by atoms with Crippen LogP contribution in [0.4, 0.5) is 0 Å². The first-order chi connectivity index (χ1) is 15.7. The number of rotatable bonds is 9. The van der Waals surface area contributed by atoms with E-state index >= 15 is 0 Å². The summed E-state index contributed by atoms with van der Waals surface area (Å²) in [5.74, 6) is -0.363. The maximum Gasteiger partial charge on any atom is 0.240 e. The van der Waals surface area contributed by atoms with Crippen LogP contribution in [-0.2, 0) is 9.59 Å². The van der Waals surface area contributed by atoms with E-state index in [9.17, 15) is 9.59 Å². The van der Waals surface area contributed by atoms with Crippen LogP contribution in [-0.4, -0.2) is 34.2 Å². The summed E-state index contributed by atoms with van der Waals surface area (Å²) in [4.78, 5) is 30.2. The van der Waals surface area contributed by atoms with Gasteiger partial charge in [-0.1, -0.05) is 36.4 Å². The molecule has 2 amide bonds. The number of hydrazone groups is 2. The number of unbranched alkanes of at least 4 members (excludes halogenated alkanes) is 1. The van der Waals surface area contributed by atoms with Crippen LogP contribution in [0.25, 0.3) is 21.8 Å². The molecule has 0 fully saturated rings. The number of aromatic nitrogens is 2. The average Bonchev–Trinajstić information content (AvgIpc) is 3.41. The zero-order valence-corrected chi connectivity index (χ0v) is 17.5. The van der Waals surface area contributed by atoms with Crippen molar-refractivity contribution < 1.29 is 9.59 Å². The van der Waals surface area contributed by atoms with Crippen LogP contribution in [0.3, 0.4) is 0 Å². The van der Waals surface area contributed by atoms with E-state index in [-0.39, 0.29) is 11.8 Å². The molecule has 4 aromatic rings. The van der Waals surface area contributed by atoms with Gasteiger partial charge in [0.1, 0.15) is 0 Å². The highest BCUT2D eigenvalue weighted by molar-refractivity contribution is 6.00. The Morgan fingerprint density at radius 1 is 0.719 bits per heavy atom. The zero-order chi connectivity index (χ0) is 22.2. The van der Waals surface area contributed by atoms with Gasteiger partial charge in [-0.15, -0.1) is 0 Å². The fourth-order valence-corrected chi connectivity index (χ4v) is 3.43. The summed E-state index contributed by atoms with van der Waals surface area (Å²) in [5, 5.41) is 10.1. The topological polar surface area (TPSA) is 114 Å². The maximum atomic E-state index is 11.9. The van der Waals surface area contributed by atoms with Gasteiger partial charge in [-0.3, -0.25) is 9.59 Å². The molecule has 0 spiro atoms. The largest absolute Gasteiger partial charge is 0.361 e. The van der Waals surface area contributed by atoms with E-state index in [0.29, 0.717) is 25.7 Å². The number of para-hydroxylation sites is 2. The van der Waals surface area contributed by atoms with Crippen LogP contribution >= 0.6 is 0 Å². The van der Waals surface area contributed by atoms with E-state index in [4.69, 9.17) is 0 Å². The number of hydrogen-bond donors (Lipinski definition) is 4. The molecule has 0 atom stereocenters. The smallest absolute Gasteiger partial charge is 0.240 e. The van der Waals surface area contributed by atoms with Gasteiger partial charge in [-0.25, -0.2) is 10.9 Å². The van der Waals surface area contributed by atoms with Crippen molar-refractivity contribution >= 4 is 46.0 Å². The van der Waals surface area contributed by atoms with Crippen molar-refractivity contribution in [1.82, 2.24) is 20.8 Å². The van der Waals surface area contributed by atoms with E-state index < -0.39 is 0 Å². The lowest BCUT2D eigenvalue weighted by molar-refractivity contribution is -0.123. The van der Waals surface area contributed by atoms with E-state index in [1.54, 1.807) is 12.4 Å². The van der Waals surface area contributed by atoms with E-state index in [0.717, 1.165) is 32.9 Å². The average molecular weight is 428 g/mol. The lowest BCUT2D eigenvalue weighted by atomic mass is 10.2. The molecule has 2 aromatic carbocycles. The Hall–Kier alpha value is -4.20. The van der Waals surface area contributed by atoms with Crippen LogP contribution in [0.15, 0.2) is 71.1 Å². The molecule has 4 rings (SSSR count). The van der Waals surface area contributed by atoms with Crippen LogP contribution < -0.4 is 10.9 Å². The van der Waals surface area contributed by atoms with Gasteiger partial charge in [-0.05, 0) is 25.0 Å². The van der Waals surface area contributed by atoms with E-state index in [1.165, 1.54) is 0 Å². The highest BCUT2D eigenvalue weighted by atomic mass is 16.2. The van der Waals surface area contributed by atoms with Crippen molar-refractivity contribution in [3.05, 3.63) is 72.1 Å². The minimum Gasteiger partial charge on any atom is -0.361 e. The molecular weight excluding hydrogens is 404 g/mol. The number of amides is 2. The lowest BCUT2D eigenvalue weighted by Crippen LogP contribution is -2.18. The summed E-state index contributed by atoms with van der Waals surface area (Å²) in [5.41, 5.74) is 8.91. The van der Waals surface area contributed by atoms with E-state index in [2.05, 4.69) is 31.0 Å². The Morgan fingerprint density at radius 3 is 1.62 bits per heavy atom. The molecule has 2 aromatic heterocycles. The summed E-state index contributed by atoms with van der Waals surface area (Å²) >= 11 is 0. The Bertz CT molecular complexity index is 1180. The SMILES string of the molecule is O=C(CCCCC(=O)N/N=C\c1c[nH]c2ccccc12)N/N=C\c1c[nH]c2ccccc12. The highest BCUT2D eigenvalue weighted by Crippen LogP contribution is 2.16. The number of aromatic amines is 2. The van der Waals surface area contributed by atoms with Gasteiger partial charge in [0.2, 0.25) is 11.8 Å². The fourth-order valence-electron chi connectivity index (χ4n) is 3.43. The second-order valence-corrected chi connectivity index (χ2v) is 7.37. The number of carbonyl (C=O) groups is 2. The Labute approximate surface area is 184 Å². The predicted molar refractivity (Wildman–Crippen MR) is 127 cm³/mol. The Morgan fingerprint density at radius 2 is 1.16 bits per heavy atom. The quantitative estimate of drug-likeness (QED) is 0.184. The first kappa shape index (κ1) is 21.0. The van der Waals surface area contributed by atoms with Gasteiger partial charge in [0, 0.05) is 58.2 Å². The Kier molecular flexibility index (Phi) is 6.72. The predicted octanol–water partition coefficient (Wildman–Crippen LogP) is 3.81. The van der Waals surface area contributed by atoms with Gasteiger partial charge in [0.25, 0.3) is 0 Å². The minimum atomic E-state index is -0.182. The molecule has 0 unspecified atom stereocenters. The molecule has 8 nitrogen and oxygen atoms in total. The van der Waals surface area contributed by atoms with Crippen LogP contribution in [0, 0.1) is 0 Å². The van der Waals surface area contributed by atoms with Crippen molar-refractivity contribution in [2.24, 2.45) is 10.2 Å². The maximum absolute atomic E-state index is 11.9. The molecule has 2 heterocycles. The molecule has 0 bridgehead atoms. The third kappa shape index (κ3) is 5.28. The van der Waals surface area contributed by atoms with Gasteiger partial charge in [0.05, 0.1) is 12.4 Å². The fraction of sp³-hybridized carbons (Fsp3) is 0.167. The molecule has 162 valence electrons. The van der Waals surface area contributed by atoms with Crippen LogP contribution in [0.5, 0.6) is 0 Å². The third-order valence-corrected chi connectivity index (χ3v) is 5.09. The summed E-state index contributed by atoms with van der Waals surface area (Å²) < 4.78 is 0. The van der Waals surface area contributed by atoms with Crippen molar-refractivity contribution in [2.45, 2.75) is 25.7 Å².